The van der Waals surface area contributed by atoms with Gasteiger partial charge in [0, 0.05) is 0 Å². The van der Waals surface area contributed by atoms with E-state index in [4.69, 9.17) is 16.3 Å². The molecule has 16 heavy (non-hydrogen) atoms. The Morgan fingerprint density at radius 3 is 2.50 bits per heavy atom. The van der Waals surface area contributed by atoms with Crippen LogP contribution in [0.2, 0.25) is 0 Å². The number of hydrogen-bond acceptors (Lipinski definition) is 2. The number of halogens is 1. The van der Waals surface area contributed by atoms with E-state index in [0.717, 1.165) is 16.7 Å². The number of anilines is 1. The fourth-order valence-corrected chi connectivity index (χ4v) is 1.70. The molecule has 3 nitrogen and oxygen atoms in total. The summed E-state index contributed by atoms with van der Waals surface area (Å²) in [6, 6.07) is 2.02. The van der Waals surface area contributed by atoms with Crippen LogP contribution >= 0.6 is 11.6 Å². The molecule has 88 valence electrons. The van der Waals surface area contributed by atoms with Gasteiger partial charge in [-0.2, -0.15) is 0 Å². The van der Waals surface area contributed by atoms with Crippen LogP contribution in [0, 0.1) is 20.8 Å². The minimum Gasteiger partial charge on any atom is -0.494 e. The van der Waals surface area contributed by atoms with Gasteiger partial charge in [0.2, 0.25) is 5.91 Å². The Labute approximate surface area is 101 Å². The first kappa shape index (κ1) is 12.8. The van der Waals surface area contributed by atoms with Crippen LogP contribution < -0.4 is 10.1 Å². The number of alkyl halides is 1. The molecule has 1 N–H and O–H groups in total. The van der Waals surface area contributed by atoms with Crippen LogP contribution in [0.15, 0.2) is 6.07 Å². The van der Waals surface area contributed by atoms with Crippen molar-refractivity contribution < 1.29 is 9.53 Å². The van der Waals surface area contributed by atoms with E-state index < -0.39 is 0 Å². The first-order valence-electron chi connectivity index (χ1n) is 5.01. The molecule has 0 spiro atoms. The van der Waals surface area contributed by atoms with Crippen molar-refractivity contribution >= 4 is 23.2 Å². The second-order valence-electron chi connectivity index (χ2n) is 3.73. The molecule has 0 aliphatic rings. The van der Waals surface area contributed by atoms with Crippen molar-refractivity contribution in [1.82, 2.24) is 0 Å². The first-order valence-corrected chi connectivity index (χ1v) is 5.55. The lowest BCUT2D eigenvalue weighted by atomic mass is 10.0. The highest BCUT2D eigenvalue weighted by Crippen LogP contribution is 2.34. The summed E-state index contributed by atoms with van der Waals surface area (Å²) in [6.45, 7) is 5.90. The third-order valence-corrected chi connectivity index (χ3v) is 2.82. The van der Waals surface area contributed by atoms with E-state index in [9.17, 15) is 4.79 Å². The van der Waals surface area contributed by atoms with Gasteiger partial charge in [-0.25, -0.2) is 0 Å². The summed E-state index contributed by atoms with van der Waals surface area (Å²) in [5, 5.41) is 2.75. The van der Waals surface area contributed by atoms with Crippen LogP contribution in [-0.4, -0.2) is 18.9 Å². The fourth-order valence-electron chi connectivity index (χ4n) is 1.63. The van der Waals surface area contributed by atoms with Gasteiger partial charge in [-0.05, 0) is 37.5 Å². The van der Waals surface area contributed by atoms with Gasteiger partial charge in [0.05, 0.1) is 12.8 Å². The Balaban J connectivity index is 3.25. The maximum atomic E-state index is 11.3. The van der Waals surface area contributed by atoms with Crippen molar-refractivity contribution in [1.29, 1.82) is 0 Å². The summed E-state index contributed by atoms with van der Waals surface area (Å²) in [7, 11) is 1.59. The van der Waals surface area contributed by atoms with E-state index in [0.29, 0.717) is 11.4 Å². The molecule has 1 amide bonds. The Kier molecular flexibility index (Phi) is 4.19. The second-order valence-corrected chi connectivity index (χ2v) is 3.99. The third-order valence-electron chi connectivity index (χ3n) is 2.58. The van der Waals surface area contributed by atoms with Gasteiger partial charge < -0.3 is 10.1 Å². The molecule has 4 heteroatoms. The summed E-state index contributed by atoms with van der Waals surface area (Å²) in [4.78, 5) is 11.3. The van der Waals surface area contributed by atoms with E-state index in [1.165, 1.54) is 0 Å². The van der Waals surface area contributed by atoms with Crippen LogP contribution in [0.5, 0.6) is 5.75 Å². The lowest BCUT2D eigenvalue weighted by Gasteiger charge is -2.16. The maximum Gasteiger partial charge on any atom is 0.239 e. The first-order chi connectivity index (χ1) is 7.51. The maximum absolute atomic E-state index is 11.3. The van der Waals surface area contributed by atoms with E-state index >= 15 is 0 Å². The van der Waals surface area contributed by atoms with Crippen LogP contribution in [0.4, 0.5) is 5.69 Å². The molecule has 1 rings (SSSR count). The Morgan fingerprint density at radius 1 is 1.38 bits per heavy atom. The van der Waals surface area contributed by atoms with Crippen molar-refractivity contribution in [3.05, 3.63) is 22.8 Å². The van der Waals surface area contributed by atoms with Crippen LogP contribution in [0.1, 0.15) is 16.7 Å². The predicted octanol–water partition coefficient (Wildman–Crippen LogP) is 2.80. The molecule has 0 unspecified atom stereocenters. The van der Waals surface area contributed by atoms with Crippen molar-refractivity contribution in [2.24, 2.45) is 0 Å². The predicted molar refractivity (Wildman–Crippen MR) is 66.6 cm³/mol. The van der Waals surface area contributed by atoms with Crippen molar-refractivity contribution in [2.75, 3.05) is 18.3 Å². The topological polar surface area (TPSA) is 38.3 Å². The molecule has 0 aliphatic heterocycles. The fraction of sp³-hybridized carbons (Fsp3) is 0.417. The monoisotopic (exact) mass is 241 g/mol. The van der Waals surface area contributed by atoms with E-state index in [-0.39, 0.29) is 11.8 Å². The lowest BCUT2D eigenvalue weighted by molar-refractivity contribution is -0.113. The standard InChI is InChI=1S/C12H16ClNO2/c1-7-5-8(2)11(14-10(15)6-13)12(16-4)9(7)3/h5H,6H2,1-4H3,(H,14,15). The number of ether oxygens (including phenoxy) is 1. The molecule has 0 aromatic heterocycles. The number of aryl methyl sites for hydroxylation is 2. The summed E-state index contributed by atoms with van der Waals surface area (Å²) >= 11 is 5.47. The molecular weight excluding hydrogens is 226 g/mol. The van der Waals surface area contributed by atoms with Gasteiger partial charge in [-0.1, -0.05) is 6.07 Å². The van der Waals surface area contributed by atoms with Crippen LogP contribution in [0.25, 0.3) is 0 Å². The van der Waals surface area contributed by atoms with Crippen molar-refractivity contribution in [2.45, 2.75) is 20.8 Å². The number of rotatable bonds is 3. The number of carbonyl (C=O) groups excluding carboxylic acids is 1. The number of nitrogens with one attached hydrogen (secondary N) is 1. The van der Waals surface area contributed by atoms with Gasteiger partial charge in [0.25, 0.3) is 0 Å². The van der Waals surface area contributed by atoms with E-state index in [1.54, 1.807) is 7.11 Å². The zero-order valence-electron chi connectivity index (χ0n) is 9.98. The molecule has 1 aromatic carbocycles. The zero-order chi connectivity index (χ0) is 12.3. The van der Waals surface area contributed by atoms with E-state index in [1.807, 2.05) is 26.8 Å². The number of hydrogen-bond donors (Lipinski definition) is 1. The molecule has 0 radical (unpaired) electrons. The minimum atomic E-state index is -0.230. The molecule has 0 atom stereocenters. The normalized spacial score (nSPS) is 10.1. The number of carbonyl (C=O) groups is 1. The van der Waals surface area contributed by atoms with Crippen LogP contribution in [-0.2, 0) is 4.79 Å². The smallest absolute Gasteiger partial charge is 0.239 e. The summed E-state index contributed by atoms with van der Waals surface area (Å²) < 4.78 is 5.33. The van der Waals surface area contributed by atoms with Crippen molar-refractivity contribution in [3.63, 3.8) is 0 Å². The number of amides is 1. The molecule has 0 aliphatic carbocycles. The highest BCUT2D eigenvalue weighted by atomic mass is 35.5. The average Bonchev–Trinajstić information content (AvgIpc) is 2.26. The van der Waals surface area contributed by atoms with Gasteiger partial charge in [0.15, 0.2) is 0 Å². The highest BCUT2D eigenvalue weighted by Gasteiger charge is 2.14. The summed E-state index contributed by atoms with van der Waals surface area (Å²) in [6.07, 6.45) is 0. The van der Waals surface area contributed by atoms with E-state index in [2.05, 4.69) is 5.32 Å². The molecule has 0 fully saturated rings. The number of benzene rings is 1. The Morgan fingerprint density at radius 2 is 2.00 bits per heavy atom. The third kappa shape index (κ3) is 2.47. The lowest BCUT2D eigenvalue weighted by Crippen LogP contribution is -2.15. The average molecular weight is 242 g/mol. The largest absolute Gasteiger partial charge is 0.494 e. The summed E-state index contributed by atoms with van der Waals surface area (Å²) in [5.41, 5.74) is 3.84. The van der Waals surface area contributed by atoms with Gasteiger partial charge in [-0.15, -0.1) is 11.6 Å². The van der Waals surface area contributed by atoms with Crippen molar-refractivity contribution in [3.8, 4) is 5.75 Å². The van der Waals surface area contributed by atoms with Crippen LogP contribution in [0.3, 0.4) is 0 Å². The SMILES string of the molecule is COc1c(C)c(C)cc(C)c1NC(=O)CCl. The molecule has 0 saturated carbocycles. The van der Waals surface area contributed by atoms with Gasteiger partial charge in [-0.3, -0.25) is 4.79 Å². The highest BCUT2D eigenvalue weighted by molar-refractivity contribution is 6.29. The van der Waals surface area contributed by atoms with Gasteiger partial charge >= 0.3 is 0 Å². The number of methoxy groups -OCH3 is 1. The second kappa shape index (κ2) is 5.21. The molecule has 1 aromatic rings. The molecule has 0 bridgehead atoms. The molecule has 0 heterocycles. The minimum absolute atomic E-state index is 0.0600. The Bertz CT molecular complexity index is 416. The summed E-state index contributed by atoms with van der Waals surface area (Å²) in [5.74, 6) is 0.414. The quantitative estimate of drug-likeness (QED) is 0.827. The van der Waals surface area contributed by atoms with Gasteiger partial charge in [0.1, 0.15) is 11.6 Å². The Hall–Kier alpha value is -1.22. The zero-order valence-corrected chi connectivity index (χ0v) is 10.7. The molecule has 0 saturated heterocycles. The molecular formula is C12H16ClNO2.